The number of rotatable bonds is 0. The molecule has 0 aromatic carbocycles. The molecule has 76 valence electrons. The molecule has 1 saturated carbocycles. The minimum atomic E-state index is -4.34. The Morgan fingerprint density at radius 3 is 2.71 bits per heavy atom. The number of nitrogens with zero attached hydrogens (tertiary/aromatic N) is 1. The molecule has 2 nitrogen and oxygen atoms in total. The zero-order valence-corrected chi connectivity index (χ0v) is 7.16. The third-order valence-electron chi connectivity index (χ3n) is 3.27. The molecule has 3 aliphatic rings. The van der Waals surface area contributed by atoms with Crippen LogP contribution < -0.4 is 0 Å². The Morgan fingerprint density at radius 1 is 1.29 bits per heavy atom. The van der Waals surface area contributed by atoms with Gasteiger partial charge in [-0.3, -0.25) is 0 Å². The van der Waals surface area contributed by atoms with Gasteiger partial charge in [0.2, 0.25) is 0 Å². The number of alkyl halides is 3. The number of allylic oxidation sites excluding steroid dienone is 1. The summed E-state index contributed by atoms with van der Waals surface area (Å²) in [5.41, 5.74) is -0.723. The lowest BCUT2D eigenvalue weighted by molar-refractivity contribution is -0.0628. The number of hydrogen-bond donors (Lipinski definition) is 0. The second-order valence-corrected chi connectivity index (χ2v) is 4.02. The first-order valence-corrected chi connectivity index (χ1v) is 4.56. The molecule has 0 aromatic rings. The minimum absolute atomic E-state index is 0.0205. The van der Waals surface area contributed by atoms with Crippen molar-refractivity contribution in [1.29, 1.82) is 0 Å². The zero-order chi connectivity index (χ0) is 9.92. The van der Waals surface area contributed by atoms with Gasteiger partial charge >= 0.3 is 6.18 Å². The van der Waals surface area contributed by atoms with Crippen molar-refractivity contribution in [2.24, 2.45) is 22.9 Å². The first kappa shape index (κ1) is 8.32. The van der Waals surface area contributed by atoms with Gasteiger partial charge in [-0.25, -0.2) is 0 Å². The molecule has 2 bridgehead atoms. The summed E-state index contributed by atoms with van der Waals surface area (Å²) in [7, 11) is 0. The van der Waals surface area contributed by atoms with Crippen LogP contribution >= 0.6 is 0 Å². The van der Waals surface area contributed by atoms with Gasteiger partial charge in [0.25, 0.3) is 0 Å². The van der Waals surface area contributed by atoms with Crippen molar-refractivity contribution in [3.63, 3.8) is 0 Å². The van der Waals surface area contributed by atoms with E-state index in [4.69, 9.17) is 4.84 Å². The van der Waals surface area contributed by atoms with Gasteiger partial charge in [-0.15, -0.1) is 0 Å². The number of oxime groups is 1. The Morgan fingerprint density at radius 2 is 2.00 bits per heavy atom. The van der Waals surface area contributed by atoms with E-state index < -0.39 is 17.8 Å². The van der Waals surface area contributed by atoms with E-state index in [1.165, 1.54) is 0 Å². The minimum Gasteiger partial charge on any atom is -0.391 e. The first-order chi connectivity index (χ1) is 6.57. The van der Waals surface area contributed by atoms with E-state index in [0.717, 1.165) is 6.42 Å². The van der Waals surface area contributed by atoms with Gasteiger partial charge < -0.3 is 4.84 Å². The summed E-state index contributed by atoms with van der Waals surface area (Å²) in [5.74, 6) is -0.438. The lowest BCUT2D eigenvalue weighted by Gasteiger charge is -2.19. The van der Waals surface area contributed by atoms with E-state index >= 15 is 0 Å². The maximum Gasteiger partial charge on any atom is 0.433 e. The van der Waals surface area contributed by atoms with Crippen LogP contribution in [0, 0.1) is 17.8 Å². The SMILES string of the molecule is FC(F)(F)C1=NO[C@@H]2[C@H]1[C@H]1C=C[C@@H]2C1. The highest BCUT2D eigenvalue weighted by molar-refractivity contribution is 5.93. The van der Waals surface area contributed by atoms with Crippen LogP contribution in [0.4, 0.5) is 13.2 Å². The van der Waals surface area contributed by atoms with E-state index in [0.29, 0.717) is 0 Å². The van der Waals surface area contributed by atoms with Crippen molar-refractivity contribution in [2.75, 3.05) is 0 Å². The van der Waals surface area contributed by atoms with Gasteiger partial charge in [0.1, 0.15) is 6.10 Å². The van der Waals surface area contributed by atoms with Gasteiger partial charge in [0.15, 0.2) is 5.71 Å². The first-order valence-electron chi connectivity index (χ1n) is 4.56. The quantitative estimate of drug-likeness (QED) is 0.552. The molecule has 0 aromatic heterocycles. The van der Waals surface area contributed by atoms with Crippen LogP contribution in [0.3, 0.4) is 0 Å². The van der Waals surface area contributed by atoms with E-state index in [9.17, 15) is 13.2 Å². The largest absolute Gasteiger partial charge is 0.433 e. The highest BCUT2D eigenvalue weighted by atomic mass is 19.4. The topological polar surface area (TPSA) is 21.6 Å². The highest BCUT2D eigenvalue weighted by Gasteiger charge is 2.58. The van der Waals surface area contributed by atoms with E-state index in [1.807, 2.05) is 12.2 Å². The van der Waals surface area contributed by atoms with Gasteiger partial charge in [0, 0.05) is 5.92 Å². The van der Waals surface area contributed by atoms with Gasteiger partial charge in [-0.2, -0.15) is 13.2 Å². The molecule has 5 heteroatoms. The molecule has 3 rings (SSSR count). The summed E-state index contributed by atoms with van der Waals surface area (Å²) >= 11 is 0. The molecule has 0 radical (unpaired) electrons. The van der Waals surface area contributed by atoms with E-state index in [1.54, 1.807) is 0 Å². The molecule has 14 heavy (non-hydrogen) atoms. The number of fused-ring (bicyclic) bond motifs is 5. The summed E-state index contributed by atoms with van der Waals surface area (Å²) in [6.45, 7) is 0. The van der Waals surface area contributed by atoms with Crippen LogP contribution in [0.25, 0.3) is 0 Å². The lowest BCUT2D eigenvalue weighted by Crippen LogP contribution is -2.35. The van der Waals surface area contributed by atoms with Crippen molar-refractivity contribution < 1.29 is 18.0 Å². The van der Waals surface area contributed by atoms with Crippen molar-refractivity contribution in [3.05, 3.63) is 12.2 Å². The van der Waals surface area contributed by atoms with Crippen molar-refractivity contribution in [3.8, 4) is 0 Å². The smallest absolute Gasteiger partial charge is 0.391 e. The number of hydrogen-bond acceptors (Lipinski definition) is 2. The lowest BCUT2D eigenvalue weighted by atomic mass is 9.87. The Kier molecular flexibility index (Phi) is 1.38. The summed E-state index contributed by atoms with van der Waals surface area (Å²) in [5, 5.41) is 3.18. The van der Waals surface area contributed by atoms with Crippen LogP contribution in [-0.4, -0.2) is 18.0 Å². The predicted octanol–water partition coefficient (Wildman–Crippen LogP) is 2.13. The zero-order valence-electron chi connectivity index (χ0n) is 7.16. The fourth-order valence-electron chi connectivity index (χ4n) is 2.70. The molecule has 2 aliphatic carbocycles. The monoisotopic (exact) mass is 203 g/mol. The average Bonchev–Trinajstić information content (AvgIpc) is 2.74. The molecule has 0 saturated heterocycles. The molecular weight excluding hydrogens is 195 g/mol. The standard InChI is InChI=1S/C9H8F3NO/c10-9(11,12)8-6-4-1-2-5(3-4)7(6)14-13-8/h1-2,4-7H,3H2/t4-,5+,6+,7-/m0/s1. The average molecular weight is 203 g/mol. The molecule has 0 unspecified atom stereocenters. The summed E-state index contributed by atoms with van der Waals surface area (Å²) < 4.78 is 37.5. The number of halogens is 3. The van der Waals surface area contributed by atoms with Crippen LogP contribution in [-0.2, 0) is 4.84 Å². The van der Waals surface area contributed by atoms with E-state index in [-0.39, 0.29) is 17.9 Å². The van der Waals surface area contributed by atoms with Crippen LogP contribution in [0.1, 0.15) is 6.42 Å². The maximum atomic E-state index is 12.5. The Labute approximate surface area is 78.4 Å². The highest BCUT2D eigenvalue weighted by Crippen LogP contribution is 2.50. The molecule has 0 N–H and O–H groups in total. The molecule has 0 spiro atoms. The van der Waals surface area contributed by atoms with Crippen LogP contribution in [0.15, 0.2) is 17.3 Å². The normalized spacial score (nSPS) is 43.8. The molecule has 1 fully saturated rings. The second kappa shape index (κ2) is 2.32. The fourth-order valence-corrected chi connectivity index (χ4v) is 2.70. The van der Waals surface area contributed by atoms with Crippen molar-refractivity contribution in [2.45, 2.75) is 18.7 Å². The molecule has 1 aliphatic heterocycles. The summed E-state index contributed by atoms with van der Waals surface area (Å²) in [6.07, 6.45) is -0.105. The van der Waals surface area contributed by atoms with Crippen molar-refractivity contribution >= 4 is 5.71 Å². The Balaban J connectivity index is 1.95. The molecular formula is C9H8F3NO. The third kappa shape index (κ3) is 0.898. The van der Waals surface area contributed by atoms with Crippen LogP contribution in [0.5, 0.6) is 0 Å². The molecule has 0 amide bonds. The molecule has 1 heterocycles. The second-order valence-electron chi connectivity index (χ2n) is 4.02. The molecule has 4 atom stereocenters. The maximum absolute atomic E-state index is 12.5. The van der Waals surface area contributed by atoms with E-state index in [2.05, 4.69) is 5.16 Å². The Hall–Kier alpha value is -1.00. The van der Waals surface area contributed by atoms with Crippen molar-refractivity contribution in [1.82, 2.24) is 0 Å². The van der Waals surface area contributed by atoms with Gasteiger partial charge in [-0.05, 0) is 12.3 Å². The summed E-state index contributed by atoms with van der Waals surface area (Å²) in [6, 6.07) is 0. The summed E-state index contributed by atoms with van der Waals surface area (Å²) in [4.78, 5) is 4.87. The third-order valence-corrected chi connectivity index (χ3v) is 3.27. The van der Waals surface area contributed by atoms with Gasteiger partial charge in [0.05, 0.1) is 5.92 Å². The van der Waals surface area contributed by atoms with Gasteiger partial charge in [-0.1, -0.05) is 17.3 Å². The van der Waals surface area contributed by atoms with Crippen LogP contribution in [0.2, 0.25) is 0 Å². The predicted molar refractivity (Wildman–Crippen MR) is 42.6 cm³/mol. The fraction of sp³-hybridized carbons (Fsp3) is 0.667. The Bertz CT molecular complexity index is 333.